The molecule has 1 heterocycles. The lowest BCUT2D eigenvalue weighted by atomic mass is 10.1. The fourth-order valence-electron chi connectivity index (χ4n) is 1.83. The highest BCUT2D eigenvalue weighted by molar-refractivity contribution is 5.98. The first-order chi connectivity index (χ1) is 9.09. The minimum atomic E-state index is -0.320. The molecule has 1 aromatic heterocycles. The molecule has 2 rings (SSSR count). The number of nitrogens with one attached hydrogen (secondary N) is 2. The zero-order chi connectivity index (χ0) is 13.8. The molecule has 0 fully saturated rings. The predicted molar refractivity (Wildman–Crippen MR) is 74.1 cm³/mol. The summed E-state index contributed by atoms with van der Waals surface area (Å²) in [5.41, 5.74) is 7.06. The lowest BCUT2D eigenvalue weighted by Crippen LogP contribution is -2.13. The van der Waals surface area contributed by atoms with Crippen molar-refractivity contribution in [1.29, 1.82) is 0 Å². The third kappa shape index (κ3) is 2.85. The minimum Gasteiger partial charge on any atom is -0.464 e. The van der Waals surface area contributed by atoms with Crippen LogP contribution in [-0.4, -0.2) is 24.1 Å². The molecule has 0 bridgehead atoms. The van der Waals surface area contributed by atoms with Gasteiger partial charge < -0.3 is 20.8 Å². The van der Waals surface area contributed by atoms with Crippen LogP contribution in [0.1, 0.15) is 6.92 Å². The fourth-order valence-corrected chi connectivity index (χ4v) is 1.83. The van der Waals surface area contributed by atoms with E-state index in [1.807, 2.05) is 0 Å². The van der Waals surface area contributed by atoms with E-state index in [0.717, 1.165) is 0 Å². The SMILES string of the molecule is CC(=O)OCCNc1ccc2c(=O)[nH]ccc2c1N. The molecule has 100 valence electrons. The van der Waals surface area contributed by atoms with Gasteiger partial charge in [0.05, 0.1) is 11.4 Å². The van der Waals surface area contributed by atoms with Gasteiger partial charge in [0.25, 0.3) is 5.56 Å². The molecule has 6 heteroatoms. The Kier molecular flexibility index (Phi) is 3.70. The molecule has 0 aliphatic heterocycles. The van der Waals surface area contributed by atoms with Crippen LogP contribution in [0.2, 0.25) is 0 Å². The van der Waals surface area contributed by atoms with Gasteiger partial charge in [0.2, 0.25) is 0 Å². The van der Waals surface area contributed by atoms with E-state index in [2.05, 4.69) is 10.3 Å². The van der Waals surface area contributed by atoms with Crippen LogP contribution in [-0.2, 0) is 9.53 Å². The second-order valence-corrected chi connectivity index (χ2v) is 4.06. The molecule has 0 spiro atoms. The molecule has 1 aromatic carbocycles. The number of nitrogen functional groups attached to an aromatic ring is 1. The van der Waals surface area contributed by atoms with Gasteiger partial charge in [-0.15, -0.1) is 0 Å². The number of benzene rings is 1. The van der Waals surface area contributed by atoms with Crippen molar-refractivity contribution in [3.63, 3.8) is 0 Å². The summed E-state index contributed by atoms with van der Waals surface area (Å²) in [4.78, 5) is 24.8. The minimum absolute atomic E-state index is 0.171. The maximum Gasteiger partial charge on any atom is 0.302 e. The first-order valence-corrected chi connectivity index (χ1v) is 5.86. The zero-order valence-electron chi connectivity index (χ0n) is 10.5. The normalized spacial score (nSPS) is 10.4. The summed E-state index contributed by atoms with van der Waals surface area (Å²) in [5, 5.41) is 4.31. The van der Waals surface area contributed by atoms with Crippen molar-refractivity contribution >= 4 is 28.1 Å². The Bertz CT molecular complexity index is 664. The van der Waals surface area contributed by atoms with Crippen molar-refractivity contribution in [3.05, 3.63) is 34.7 Å². The molecule has 0 saturated carbocycles. The summed E-state index contributed by atoms with van der Waals surface area (Å²) in [7, 11) is 0. The predicted octanol–water partition coefficient (Wildman–Crippen LogP) is 1.09. The molecule has 0 aliphatic carbocycles. The topological polar surface area (TPSA) is 97.2 Å². The number of aromatic nitrogens is 1. The van der Waals surface area contributed by atoms with Crippen LogP contribution in [0.3, 0.4) is 0 Å². The Hall–Kier alpha value is -2.50. The summed E-state index contributed by atoms with van der Waals surface area (Å²) < 4.78 is 4.81. The number of carbonyl (C=O) groups is 1. The molecule has 0 aliphatic rings. The number of anilines is 2. The highest BCUT2D eigenvalue weighted by Gasteiger charge is 2.06. The van der Waals surface area contributed by atoms with E-state index in [-0.39, 0.29) is 18.1 Å². The zero-order valence-corrected chi connectivity index (χ0v) is 10.5. The van der Waals surface area contributed by atoms with Crippen LogP contribution in [0.5, 0.6) is 0 Å². The largest absolute Gasteiger partial charge is 0.464 e. The van der Waals surface area contributed by atoms with Gasteiger partial charge in [-0.1, -0.05) is 0 Å². The number of pyridine rings is 1. The van der Waals surface area contributed by atoms with Gasteiger partial charge in [0.15, 0.2) is 0 Å². The highest BCUT2D eigenvalue weighted by atomic mass is 16.5. The quantitative estimate of drug-likeness (QED) is 0.435. The fraction of sp³-hybridized carbons (Fsp3) is 0.231. The van der Waals surface area contributed by atoms with Gasteiger partial charge in [0.1, 0.15) is 6.61 Å². The van der Waals surface area contributed by atoms with Gasteiger partial charge in [-0.05, 0) is 18.2 Å². The Balaban J connectivity index is 2.19. The van der Waals surface area contributed by atoms with E-state index >= 15 is 0 Å². The van der Waals surface area contributed by atoms with E-state index in [9.17, 15) is 9.59 Å². The Morgan fingerprint density at radius 1 is 1.37 bits per heavy atom. The summed E-state index contributed by atoms with van der Waals surface area (Å²) in [5.74, 6) is -0.320. The van der Waals surface area contributed by atoms with E-state index in [1.165, 1.54) is 6.92 Å². The van der Waals surface area contributed by atoms with Gasteiger partial charge in [0, 0.05) is 30.4 Å². The van der Waals surface area contributed by atoms with E-state index in [1.54, 1.807) is 24.4 Å². The van der Waals surface area contributed by atoms with Gasteiger partial charge >= 0.3 is 5.97 Å². The molecule has 0 amide bonds. The molecule has 0 radical (unpaired) electrons. The second kappa shape index (κ2) is 5.43. The van der Waals surface area contributed by atoms with Crippen molar-refractivity contribution < 1.29 is 9.53 Å². The molecular weight excluding hydrogens is 246 g/mol. The summed E-state index contributed by atoms with van der Waals surface area (Å²) in [6.45, 7) is 2.08. The van der Waals surface area contributed by atoms with Crippen molar-refractivity contribution in [1.82, 2.24) is 4.98 Å². The van der Waals surface area contributed by atoms with Crippen LogP contribution in [0.4, 0.5) is 11.4 Å². The maximum absolute atomic E-state index is 11.6. The van der Waals surface area contributed by atoms with Crippen molar-refractivity contribution in [3.8, 4) is 0 Å². The number of ether oxygens (including phenoxy) is 1. The number of rotatable bonds is 4. The average molecular weight is 261 g/mol. The Morgan fingerprint density at radius 2 is 2.16 bits per heavy atom. The standard InChI is InChI=1S/C13H15N3O3/c1-8(17)19-7-6-15-11-3-2-10-9(12(11)14)4-5-16-13(10)18/h2-5,15H,6-7,14H2,1H3,(H,16,18). The van der Waals surface area contributed by atoms with Crippen molar-refractivity contribution in [2.75, 3.05) is 24.2 Å². The molecule has 6 nitrogen and oxygen atoms in total. The molecule has 0 saturated heterocycles. The van der Waals surface area contributed by atoms with Crippen LogP contribution in [0, 0.1) is 0 Å². The van der Waals surface area contributed by atoms with Crippen LogP contribution < -0.4 is 16.6 Å². The average Bonchev–Trinajstić information content (AvgIpc) is 2.37. The maximum atomic E-state index is 11.6. The van der Waals surface area contributed by atoms with Gasteiger partial charge in [-0.2, -0.15) is 0 Å². The van der Waals surface area contributed by atoms with E-state index in [0.29, 0.717) is 28.7 Å². The van der Waals surface area contributed by atoms with Crippen molar-refractivity contribution in [2.45, 2.75) is 6.92 Å². The molecule has 4 N–H and O–H groups in total. The van der Waals surface area contributed by atoms with Gasteiger partial charge in [-0.25, -0.2) is 0 Å². The molecule has 19 heavy (non-hydrogen) atoms. The van der Waals surface area contributed by atoms with Gasteiger partial charge in [-0.3, -0.25) is 9.59 Å². The summed E-state index contributed by atoms with van der Waals surface area (Å²) in [6, 6.07) is 5.20. The van der Waals surface area contributed by atoms with Crippen LogP contribution >= 0.6 is 0 Å². The lowest BCUT2D eigenvalue weighted by Gasteiger charge is -2.11. The van der Waals surface area contributed by atoms with E-state index in [4.69, 9.17) is 10.5 Å². The molecular formula is C13H15N3O3. The number of carbonyl (C=O) groups excluding carboxylic acids is 1. The molecule has 0 atom stereocenters. The van der Waals surface area contributed by atoms with E-state index < -0.39 is 0 Å². The third-order valence-corrected chi connectivity index (χ3v) is 2.72. The first-order valence-electron chi connectivity index (χ1n) is 5.86. The summed E-state index contributed by atoms with van der Waals surface area (Å²) >= 11 is 0. The number of hydrogen-bond acceptors (Lipinski definition) is 5. The first kappa shape index (κ1) is 12.9. The smallest absolute Gasteiger partial charge is 0.302 e. The Labute approximate surface area is 109 Å². The monoisotopic (exact) mass is 261 g/mol. The second-order valence-electron chi connectivity index (χ2n) is 4.06. The number of fused-ring (bicyclic) bond motifs is 1. The molecule has 0 unspecified atom stereocenters. The third-order valence-electron chi connectivity index (χ3n) is 2.72. The number of aromatic amines is 1. The molecule has 2 aromatic rings. The van der Waals surface area contributed by atoms with Crippen LogP contribution in [0.25, 0.3) is 10.8 Å². The number of nitrogens with two attached hydrogens (primary N) is 1. The number of H-pyrrole nitrogens is 1. The highest BCUT2D eigenvalue weighted by Crippen LogP contribution is 2.26. The van der Waals surface area contributed by atoms with Crippen molar-refractivity contribution in [2.24, 2.45) is 0 Å². The van der Waals surface area contributed by atoms with Crippen LogP contribution in [0.15, 0.2) is 29.2 Å². The Morgan fingerprint density at radius 3 is 2.89 bits per heavy atom. The summed E-state index contributed by atoms with van der Waals surface area (Å²) in [6.07, 6.45) is 1.56. The lowest BCUT2D eigenvalue weighted by molar-refractivity contribution is -0.140. The number of esters is 1. The number of hydrogen-bond donors (Lipinski definition) is 3.